The van der Waals surface area contributed by atoms with Crippen LogP contribution in [0.15, 0.2) is 0 Å². The predicted molar refractivity (Wildman–Crippen MR) is 90.0 cm³/mol. The Labute approximate surface area is 146 Å². The summed E-state index contributed by atoms with van der Waals surface area (Å²) >= 11 is 4.36. The van der Waals surface area contributed by atoms with E-state index in [1.165, 1.54) is 0 Å². The average molecular weight is 504 g/mol. The molecule has 2 saturated carbocycles. The molecule has 1 spiro atoms. The van der Waals surface area contributed by atoms with Crippen molar-refractivity contribution in [3.63, 3.8) is 0 Å². The molecule has 4 nitrogen and oxygen atoms in total. The lowest BCUT2D eigenvalue weighted by atomic mass is 9.71. The number of alkyl halides is 2. The third kappa shape index (κ3) is 2.28. The van der Waals surface area contributed by atoms with Crippen molar-refractivity contribution in [3.8, 4) is 0 Å². The molecule has 3 fully saturated rings. The summed E-state index contributed by atoms with van der Waals surface area (Å²) in [5, 5.41) is 0. The zero-order chi connectivity index (χ0) is 14.5. The summed E-state index contributed by atoms with van der Waals surface area (Å²) < 4.78 is 11.2. The average Bonchev–Trinajstić information content (AvgIpc) is 3.06. The summed E-state index contributed by atoms with van der Waals surface area (Å²) in [5.41, 5.74) is -0.347. The number of fused-ring (bicyclic) bond motifs is 3. The van der Waals surface area contributed by atoms with Crippen molar-refractivity contribution in [1.29, 1.82) is 0 Å². The first-order valence-electron chi connectivity index (χ1n) is 7.02. The van der Waals surface area contributed by atoms with Crippen molar-refractivity contribution >= 4 is 57.1 Å². The van der Waals surface area contributed by atoms with Gasteiger partial charge in [-0.2, -0.15) is 0 Å². The van der Waals surface area contributed by atoms with E-state index in [9.17, 15) is 9.59 Å². The smallest absolute Gasteiger partial charge is 0.322 e. The van der Waals surface area contributed by atoms with Gasteiger partial charge in [0.15, 0.2) is 0 Å². The van der Waals surface area contributed by atoms with Gasteiger partial charge in [0.1, 0.15) is 9.53 Å². The molecule has 6 heteroatoms. The van der Waals surface area contributed by atoms with Crippen LogP contribution in [-0.2, 0) is 19.1 Å². The molecule has 1 saturated heterocycles. The second-order valence-electron chi connectivity index (χ2n) is 6.46. The fourth-order valence-electron chi connectivity index (χ4n) is 4.05. The van der Waals surface area contributed by atoms with Crippen LogP contribution in [0.5, 0.6) is 0 Å². The molecule has 5 atom stereocenters. The molecular formula is C14H18I2O4. The Hall–Kier alpha value is 0.400. The molecule has 2 bridgehead atoms. The van der Waals surface area contributed by atoms with Crippen LogP contribution in [0, 0.1) is 17.3 Å². The molecule has 0 aromatic rings. The number of cyclic esters (lactones) is 1. The van der Waals surface area contributed by atoms with Gasteiger partial charge in [-0.25, -0.2) is 0 Å². The first kappa shape index (κ1) is 15.3. The van der Waals surface area contributed by atoms with E-state index in [-0.39, 0.29) is 29.4 Å². The molecule has 2 aliphatic carbocycles. The highest BCUT2D eigenvalue weighted by molar-refractivity contribution is 14.1. The highest BCUT2D eigenvalue weighted by atomic mass is 127. The molecule has 3 aliphatic rings. The standard InChI is InChI=1S/C14H18I2O4/c1-13(16,7-15)11(17)20-10-5-8-4-9(10)14(6-8)2-3-19-12(14)18/h8-10H,2-7H2,1H3. The Morgan fingerprint density at radius 2 is 2.30 bits per heavy atom. The predicted octanol–water partition coefficient (Wildman–Crippen LogP) is 2.89. The maximum atomic E-state index is 12.3. The van der Waals surface area contributed by atoms with Crippen molar-refractivity contribution in [2.24, 2.45) is 17.3 Å². The van der Waals surface area contributed by atoms with Gasteiger partial charge in [-0.05, 0) is 38.5 Å². The van der Waals surface area contributed by atoms with Crippen LogP contribution in [0.2, 0.25) is 0 Å². The SMILES string of the molecule is CC(I)(CI)C(=O)OC1CC2CC1C1(CCOC1=O)C2. The molecule has 0 N–H and O–H groups in total. The van der Waals surface area contributed by atoms with Gasteiger partial charge in [0.05, 0.1) is 12.0 Å². The molecular weight excluding hydrogens is 486 g/mol. The third-order valence-electron chi connectivity index (χ3n) is 5.09. The quantitative estimate of drug-likeness (QED) is 0.337. The zero-order valence-corrected chi connectivity index (χ0v) is 15.7. The third-order valence-corrected chi connectivity index (χ3v) is 8.89. The van der Waals surface area contributed by atoms with E-state index in [2.05, 4.69) is 45.2 Å². The monoisotopic (exact) mass is 504 g/mol. The topological polar surface area (TPSA) is 52.6 Å². The van der Waals surface area contributed by atoms with Crippen LogP contribution >= 0.6 is 45.2 Å². The van der Waals surface area contributed by atoms with E-state index in [0.717, 1.165) is 30.1 Å². The van der Waals surface area contributed by atoms with Crippen LogP contribution in [0.3, 0.4) is 0 Å². The maximum absolute atomic E-state index is 12.3. The summed E-state index contributed by atoms with van der Waals surface area (Å²) in [6.45, 7) is 2.43. The molecule has 0 aromatic carbocycles. The van der Waals surface area contributed by atoms with Gasteiger partial charge < -0.3 is 9.47 Å². The summed E-state index contributed by atoms with van der Waals surface area (Å²) in [5.74, 6) is 0.486. The second kappa shape index (κ2) is 5.24. The fraction of sp³-hybridized carbons (Fsp3) is 0.857. The molecule has 5 unspecified atom stereocenters. The van der Waals surface area contributed by atoms with Gasteiger partial charge >= 0.3 is 11.9 Å². The van der Waals surface area contributed by atoms with Crippen LogP contribution in [-0.4, -0.2) is 32.5 Å². The number of carbonyl (C=O) groups excluding carboxylic acids is 2. The normalized spacial score (nSPS) is 41.8. The van der Waals surface area contributed by atoms with E-state index in [1.807, 2.05) is 6.92 Å². The minimum absolute atomic E-state index is 0.0584. The molecule has 0 amide bonds. The molecule has 0 radical (unpaired) electrons. The number of hydrogen-bond donors (Lipinski definition) is 0. The highest BCUT2D eigenvalue weighted by Crippen LogP contribution is 2.60. The second-order valence-corrected chi connectivity index (χ2v) is 9.61. The lowest BCUT2D eigenvalue weighted by molar-refractivity contribution is -0.162. The van der Waals surface area contributed by atoms with Crippen LogP contribution in [0.1, 0.15) is 32.6 Å². The number of rotatable bonds is 3. The van der Waals surface area contributed by atoms with Gasteiger partial charge in [-0.1, -0.05) is 45.2 Å². The molecule has 20 heavy (non-hydrogen) atoms. The lowest BCUT2D eigenvalue weighted by Crippen LogP contribution is -2.44. The summed E-state index contributed by atoms with van der Waals surface area (Å²) in [4.78, 5) is 24.4. The van der Waals surface area contributed by atoms with E-state index < -0.39 is 3.42 Å². The largest absolute Gasteiger partial charge is 0.465 e. The van der Waals surface area contributed by atoms with E-state index in [4.69, 9.17) is 9.47 Å². The Morgan fingerprint density at radius 1 is 1.55 bits per heavy atom. The summed E-state index contributed by atoms with van der Waals surface area (Å²) in [7, 11) is 0. The van der Waals surface area contributed by atoms with Crippen molar-refractivity contribution < 1.29 is 19.1 Å². The first-order chi connectivity index (χ1) is 9.39. The van der Waals surface area contributed by atoms with Crippen LogP contribution < -0.4 is 0 Å². The Kier molecular flexibility index (Phi) is 4.01. The van der Waals surface area contributed by atoms with Crippen LogP contribution in [0.25, 0.3) is 0 Å². The van der Waals surface area contributed by atoms with Gasteiger partial charge in [-0.15, -0.1) is 0 Å². The molecule has 0 aromatic heterocycles. The van der Waals surface area contributed by atoms with E-state index >= 15 is 0 Å². The molecule has 112 valence electrons. The zero-order valence-electron chi connectivity index (χ0n) is 11.4. The highest BCUT2D eigenvalue weighted by Gasteiger charge is 2.63. The lowest BCUT2D eigenvalue weighted by Gasteiger charge is -2.35. The van der Waals surface area contributed by atoms with Crippen molar-refractivity contribution in [2.75, 3.05) is 11.0 Å². The Bertz CT molecular complexity index is 450. The van der Waals surface area contributed by atoms with Crippen molar-refractivity contribution in [3.05, 3.63) is 0 Å². The van der Waals surface area contributed by atoms with Gasteiger partial charge in [0.25, 0.3) is 0 Å². The maximum Gasteiger partial charge on any atom is 0.322 e. The van der Waals surface area contributed by atoms with Crippen molar-refractivity contribution in [1.82, 2.24) is 0 Å². The van der Waals surface area contributed by atoms with Gasteiger partial charge in [-0.3, -0.25) is 9.59 Å². The number of carbonyl (C=O) groups is 2. The summed E-state index contributed by atoms with van der Waals surface area (Å²) in [6, 6.07) is 0. The Balaban J connectivity index is 1.74. The van der Waals surface area contributed by atoms with E-state index in [0.29, 0.717) is 12.5 Å². The van der Waals surface area contributed by atoms with Crippen molar-refractivity contribution in [2.45, 2.75) is 42.1 Å². The van der Waals surface area contributed by atoms with Gasteiger partial charge in [0, 0.05) is 10.3 Å². The number of halogens is 2. The van der Waals surface area contributed by atoms with Crippen LogP contribution in [0.4, 0.5) is 0 Å². The number of ether oxygens (including phenoxy) is 2. The minimum Gasteiger partial charge on any atom is -0.465 e. The Morgan fingerprint density at radius 3 is 2.85 bits per heavy atom. The van der Waals surface area contributed by atoms with Gasteiger partial charge in [0.2, 0.25) is 0 Å². The fourth-order valence-corrected chi connectivity index (χ4v) is 4.49. The minimum atomic E-state index is -0.483. The first-order valence-corrected chi connectivity index (χ1v) is 9.63. The number of hydrogen-bond acceptors (Lipinski definition) is 4. The molecule has 3 rings (SSSR count). The van der Waals surface area contributed by atoms with E-state index in [1.54, 1.807) is 0 Å². The number of esters is 2. The summed E-state index contributed by atoms with van der Waals surface area (Å²) in [6.07, 6.45) is 3.56. The molecule has 1 heterocycles. The molecule has 1 aliphatic heterocycles.